The summed E-state index contributed by atoms with van der Waals surface area (Å²) < 4.78 is 0. The molecule has 1 aromatic heterocycles. The van der Waals surface area contributed by atoms with E-state index in [0.717, 1.165) is 33.2 Å². The molecule has 9 heteroatoms. The molecule has 2 atom stereocenters. The van der Waals surface area contributed by atoms with E-state index < -0.39 is 47.7 Å². The number of aromatic nitrogens is 1. The van der Waals surface area contributed by atoms with Crippen LogP contribution < -0.4 is 16.0 Å². The average molecular weight is 665 g/mol. The third-order valence-electron chi connectivity index (χ3n) is 8.71. The number of rotatable bonds is 13. The second kappa shape index (κ2) is 15.2. The lowest BCUT2D eigenvalue weighted by molar-refractivity contribution is -0.144. The first-order valence-corrected chi connectivity index (χ1v) is 16.3. The van der Waals surface area contributed by atoms with E-state index in [-0.39, 0.29) is 6.42 Å². The Labute approximate surface area is 289 Å². The number of carboxylic acid groups (broad SMARTS) is 1. The summed E-state index contributed by atoms with van der Waals surface area (Å²) in [5.74, 6) is -3.22. The number of H-pyrrole nitrogens is 1. The Kier molecular flexibility index (Phi) is 10.1. The number of hydrogen-bond acceptors (Lipinski definition) is 4. The molecule has 0 aliphatic rings. The Bertz CT molecular complexity index is 1990. The van der Waals surface area contributed by atoms with Crippen LogP contribution in [0.5, 0.6) is 0 Å². The van der Waals surface area contributed by atoms with E-state index in [0.29, 0.717) is 5.56 Å². The van der Waals surface area contributed by atoms with Crippen LogP contribution in [0, 0.1) is 0 Å². The molecule has 250 valence electrons. The highest BCUT2D eigenvalue weighted by molar-refractivity contribution is 5.99. The lowest BCUT2D eigenvalue weighted by atomic mass is 9.77. The van der Waals surface area contributed by atoms with Gasteiger partial charge in [-0.25, -0.2) is 4.79 Å². The third kappa shape index (κ3) is 7.32. The van der Waals surface area contributed by atoms with E-state index in [4.69, 9.17) is 0 Å². The van der Waals surface area contributed by atoms with Crippen LogP contribution in [0.25, 0.3) is 10.9 Å². The molecule has 0 aliphatic carbocycles. The summed E-state index contributed by atoms with van der Waals surface area (Å²) in [5, 5.41) is 19.6. The van der Waals surface area contributed by atoms with E-state index in [1.807, 2.05) is 115 Å². The van der Waals surface area contributed by atoms with E-state index in [9.17, 15) is 24.3 Å². The molecular weight excluding hydrogens is 628 g/mol. The lowest BCUT2D eigenvalue weighted by Crippen LogP contribution is -2.54. The van der Waals surface area contributed by atoms with Gasteiger partial charge < -0.3 is 26.0 Å². The molecule has 0 saturated carbocycles. The van der Waals surface area contributed by atoms with Crippen molar-refractivity contribution in [3.05, 3.63) is 180 Å². The summed E-state index contributed by atoms with van der Waals surface area (Å²) in [4.78, 5) is 56.9. The predicted octanol–water partition coefficient (Wildman–Crippen LogP) is 5.58. The first-order chi connectivity index (χ1) is 24.3. The Morgan fingerprint density at radius 1 is 0.620 bits per heavy atom. The number of carboxylic acids is 1. The summed E-state index contributed by atoms with van der Waals surface area (Å²) >= 11 is 0. The molecule has 0 aliphatic heterocycles. The highest BCUT2D eigenvalue weighted by atomic mass is 16.4. The van der Waals surface area contributed by atoms with Crippen LogP contribution in [0.2, 0.25) is 0 Å². The molecule has 3 amide bonds. The van der Waals surface area contributed by atoms with Crippen LogP contribution in [-0.4, -0.2) is 45.9 Å². The largest absolute Gasteiger partial charge is 0.480 e. The number of carbonyl (C=O) groups is 4. The van der Waals surface area contributed by atoms with Crippen molar-refractivity contribution < 1.29 is 24.3 Å². The molecule has 50 heavy (non-hydrogen) atoms. The molecule has 1 heterocycles. The van der Waals surface area contributed by atoms with E-state index in [2.05, 4.69) is 20.9 Å². The second-order valence-corrected chi connectivity index (χ2v) is 12.0. The zero-order valence-corrected chi connectivity index (χ0v) is 27.1. The molecule has 0 saturated heterocycles. The van der Waals surface area contributed by atoms with E-state index >= 15 is 0 Å². The minimum atomic E-state index is -1.60. The zero-order valence-electron chi connectivity index (χ0n) is 27.1. The summed E-state index contributed by atoms with van der Waals surface area (Å²) in [6.07, 6.45) is 1.27. The molecule has 0 fully saturated rings. The average Bonchev–Trinajstić information content (AvgIpc) is 3.57. The van der Waals surface area contributed by atoms with Crippen LogP contribution >= 0.6 is 0 Å². The van der Waals surface area contributed by atoms with Crippen molar-refractivity contribution in [2.75, 3.05) is 0 Å². The maximum atomic E-state index is 14.0. The van der Waals surface area contributed by atoms with Gasteiger partial charge in [-0.15, -0.1) is 0 Å². The van der Waals surface area contributed by atoms with Crippen LogP contribution in [0.3, 0.4) is 0 Å². The van der Waals surface area contributed by atoms with Crippen molar-refractivity contribution >= 4 is 34.6 Å². The number of benzene rings is 5. The van der Waals surface area contributed by atoms with Gasteiger partial charge in [-0.2, -0.15) is 0 Å². The summed E-state index contributed by atoms with van der Waals surface area (Å²) in [6, 6.07) is 41.6. The number of carbonyl (C=O) groups excluding carboxylic acids is 3. The van der Waals surface area contributed by atoms with Gasteiger partial charge in [0.25, 0.3) is 5.91 Å². The molecule has 0 radical (unpaired) electrons. The number of amides is 3. The first-order valence-electron chi connectivity index (χ1n) is 16.3. The smallest absolute Gasteiger partial charge is 0.326 e. The number of aliphatic carboxylic acids is 1. The minimum Gasteiger partial charge on any atom is -0.480 e. The highest BCUT2D eigenvalue weighted by Crippen LogP contribution is 2.37. The van der Waals surface area contributed by atoms with Crippen LogP contribution in [0.4, 0.5) is 0 Å². The number of hydrogen-bond donors (Lipinski definition) is 5. The molecule has 6 rings (SSSR count). The summed E-state index contributed by atoms with van der Waals surface area (Å²) in [6.45, 7) is 0. The van der Waals surface area contributed by atoms with Gasteiger partial charge in [0, 0.05) is 29.1 Å². The van der Waals surface area contributed by atoms with Crippen molar-refractivity contribution in [3.63, 3.8) is 0 Å². The van der Waals surface area contributed by atoms with Gasteiger partial charge >= 0.3 is 5.97 Å². The fraction of sp³-hybridized carbons (Fsp3) is 0.122. The van der Waals surface area contributed by atoms with E-state index in [1.54, 1.807) is 36.5 Å². The Hall–Kier alpha value is -6.48. The van der Waals surface area contributed by atoms with Gasteiger partial charge in [-0.05, 0) is 40.5 Å². The van der Waals surface area contributed by atoms with Crippen molar-refractivity contribution in [1.29, 1.82) is 0 Å². The molecule has 0 bridgehead atoms. The number of nitrogens with one attached hydrogen (secondary N) is 4. The van der Waals surface area contributed by atoms with Gasteiger partial charge in [0.1, 0.15) is 17.6 Å². The predicted molar refractivity (Wildman–Crippen MR) is 191 cm³/mol. The molecule has 5 N–H and O–H groups in total. The third-order valence-corrected chi connectivity index (χ3v) is 8.71. The fourth-order valence-electron chi connectivity index (χ4n) is 6.26. The van der Waals surface area contributed by atoms with Gasteiger partial charge in [0.2, 0.25) is 11.8 Å². The SMILES string of the molecule is O=C(C[C@H](NC(=O)[C@@H](Cc1c[nH]c2ccccc12)NC(=O)c1ccccc1)C(=O)O)NC(c1ccccc1)(c1ccccc1)c1ccccc1. The minimum absolute atomic E-state index is 0.0755. The monoisotopic (exact) mass is 664 g/mol. The second-order valence-electron chi connectivity index (χ2n) is 12.0. The lowest BCUT2D eigenvalue weighted by Gasteiger charge is -2.37. The topological polar surface area (TPSA) is 140 Å². The normalized spacial score (nSPS) is 12.4. The van der Waals surface area contributed by atoms with Crippen molar-refractivity contribution in [3.8, 4) is 0 Å². The molecule has 0 unspecified atom stereocenters. The number of para-hydroxylation sites is 1. The molecular formula is C41H36N4O5. The quantitative estimate of drug-likeness (QED) is 0.103. The van der Waals surface area contributed by atoms with E-state index in [1.165, 1.54) is 0 Å². The first kappa shape index (κ1) is 33.4. The van der Waals surface area contributed by atoms with Gasteiger partial charge in [-0.3, -0.25) is 14.4 Å². The fourth-order valence-corrected chi connectivity index (χ4v) is 6.26. The van der Waals surface area contributed by atoms with Crippen molar-refractivity contribution in [1.82, 2.24) is 20.9 Å². The molecule has 9 nitrogen and oxygen atoms in total. The van der Waals surface area contributed by atoms with Crippen LogP contribution in [0.15, 0.2) is 152 Å². The number of aromatic amines is 1. The summed E-state index contributed by atoms with van der Waals surface area (Å²) in [7, 11) is 0. The van der Waals surface area contributed by atoms with Crippen LogP contribution in [-0.2, 0) is 26.3 Å². The summed E-state index contributed by atoms with van der Waals surface area (Å²) in [5.41, 5.74) is 3.09. The Morgan fingerprint density at radius 3 is 1.66 bits per heavy atom. The Balaban J connectivity index is 1.28. The standard InChI is InChI=1S/C41H36N4O5/c46-37(45-41(30-17-7-2-8-18-30,31-19-9-3-10-20-31)32-21-11-4-12-22-32)26-36(40(49)50)44-39(48)35(43-38(47)28-15-5-1-6-16-28)25-29-27-42-34-24-14-13-23-33(29)34/h1-24,27,35-36,42H,25-26H2,(H,43,47)(H,44,48)(H,45,46)(H,49,50)/t35-,36+/m1/s1. The molecule has 0 spiro atoms. The highest BCUT2D eigenvalue weighted by Gasteiger charge is 2.39. The molecule has 5 aromatic carbocycles. The van der Waals surface area contributed by atoms with Crippen molar-refractivity contribution in [2.45, 2.75) is 30.5 Å². The molecule has 6 aromatic rings. The van der Waals surface area contributed by atoms with Crippen LogP contribution in [0.1, 0.15) is 39.0 Å². The van der Waals surface area contributed by atoms with Gasteiger partial charge in [0.15, 0.2) is 0 Å². The zero-order chi connectivity index (χ0) is 34.9. The van der Waals surface area contributed by atoms with Gasteiger partial charge in [0.05, 0.1) is 6.42 Å². The maximum absolute atomic E-state index is 14.0. The Morgan fingerprint density at radius 2 is 1.12 bits per heavy atom. The number of fused-ring (bicyclic) bond motifs is 1. The van der Waals surface area contributed by atoms with Crippen molar-refractivity contribution in [2.24, 2.45) is 0 Å². The van der Waals surface area contributed by atoms with Gasteiger partial charge in [-0.1, -0.05) is 127 Å². The maximum Gasteiger partial charge on any atom is 0.326 e.